The number of nitriles is 1. The van der Waals surface area contributed by atoms with Crippen molar-refractivity contribution in [3.63, 3.8) is 0 Å². The van der Waals surface area contributed by atoms with Gasteiger partial charge in [0.25, 0.3) is 0 Å². The van der Waals surface area contributed by atoms with Crippen LogP contribution in [0.3, 0.4) is 0 Å². The summed E-state index contributed by atoms with van der Waals surface area (Å²) in [6, 6.07) is 7.85. The largest absolute Gasteiger partial charge is 0.493 e. The molecule has 0 fully saturated rings. The molecule has 0 aromatic heterocycles. The highest BCUT2D eigenvalue weighted by molar-refractivity contribution is 6.31. The number of benzene rings is 1. The van der Waals surface area contributed by atoms with Crippen LogP contribution in [-0.4, -0.2) is 6.61 Å². The van der Waals surface area contributed by atoms with Crippen molar-refractivity contribution in [2.45, 2.75) is 39.7 Å². The van der Waals surface area contributed by atoms with Crippen molar-refractivity contribution in [2.24, 2.45) is 11.1 Å². The van der Waals surface area contributed by atoms with E-state index < -0.39 is 0 Å². The Balaban J connectivity index is 2.39. The van der Waals surface area contributed by atoms with Gasteiger partial charge in [0, 0.05) is 17.1 Å². The van der Waals surface area contributed by atoms with Gasteiger partial charge in [0.15, 0.2) is 0 Å². The van der Waals surface area contributed by atoms with E-state index in [0.29, 0.717) is 18.2 Å². The molecule has 2 N–H and O–H groups in total. The van der Waals surface area contributed by atoms with Crippen LogP contribution in [0.4, 0.5) is 0 Å². The van der Waals surface area contributed by atoms with Crippen LogP contribution in [0, 0.1) is 16.7 Å². The first kappa shape index (κ1) is 15.8. The van der Waals surface area contributed by atoms with Crippen molar-refractivity contribution in [3.8, 4) is 11.8 Å². The summed E-state index contributed by atoms with van der Waals surface area (Å²) >= 11 is 6.05. The molecule has 4 heteroatoms. The van der Waals surface area contributed by atoms with Gasteiger partial charge in [0.2, 0.25) is 0 Å². The van der Waals surface area contributed by atoms with Crippen molar-refractivity contribution < 1.29 is 4.74 Å². The molecule has 0 radical (unpaired) electrons. The van der Waals surface area contributed by atoms with Gasteiger partial charge < -0.3 is 10.5 Å². The van der Waals surface area contributed by atoms with Crippen LogP contribution in [0.5, 0.6) is 5.75 Å². The molecule has 0 atom stereocenters. The Morgan fingerprint density at radius 3 is 2.74 bits per heavy atom. The molecule has 0 aliphatic carbocycles. The van der Waals surface area contributed by atoms with E-state index in [-0.39, 0.29) is 5.41 Å². The van der Waals surface area contributed by atoms with Crippen molar-refractivity contribution in [2.75, 3.05) is 6.61 Å². The second-order valence-electron chi connectivity index (χ2n) is 5.22. The third-order valence-corrected chi connectivity index (χ3v) is 3.39. The fraction of sp³-hybridized carbons (Fsp3) is 0.533. The van der Waals surface area contributed by atoms with E-state index in [9.17, 15) is 0 Å². The van der Waals surface area contributed by atoms with E-state index in [1.54, 1.807) is 0 Å². The van der Waals surface area contributed by atoms with E-state index in [2.05, 4.69) is 6.07 Å². The minimum Gasteiger partial charge on any atom is -0.493 e. The third-order valence-electron chi connectivity index (χ3n) is 3.04. The molecule has 0 unspecified atom stereocenters. The Morgan fingerprint density at radius 2 is 2.11 bits per heavy atom. The Labute approximate surface area is 120 Å². The number of unbranched alkanes of at least 4 members (excludes halogenated alkanes) is 1. The maximum Gasteiger partial charge on any atom is 0.125 e. The van der Waals surface area contributed by atoms with Gasteiger partial charge >= 0.3 is 0 Å². The van der Waals surface area contributed by atoms with Crippen LogP contribution in [0.2, 0.25) is 5.02 Å². The lowest BCUT2D eigenvalue weighted by Crippen LogP contribution is -2.09. The first-order chi connectivity index (χ1) is 9.00. The molecule has 1 rings (SSSR count). The zero-order chi connectivity index (χ0) is 14.3. The molecule has 1 aromatic carbocycles. The topological polar surface area (TPSA) is 59.0 Å². The van der Waals surface area contributed by atoms with Crippen molar-refractivity contribution in [3.05, 3.63) is 28.8 Å². The van der Waals surface area contributed by atoms with Gasteiger partial charge in [-0.2, -0.15) is 5.26 Å². The number of nitrogens with zero attached hydrogens (tertiary/aromatic N) is 1. The van der Waals surface area contributed by atoms with Gasteiger partial charge in [-0.15, -0.1) is 0 Å². The fourth-order valence-corrected chi connectivity index (χ4v) is 2.02. The van der Waals surface area contributed by atoms with Gasteiger partial charge in [0.1, 0.15) is 5.75 Å². The van der Waals surface area contributed by atoms with Crippen LogP contribution in [0.25, 0.3) is 0 Å². The molecule has 1 aromatic rings. The fourth-order valence-electron chi connectivity index (χ4n) is 1.78. The van der Waals surface area contributed by atoms with E-state index in [1.165, 1.54) is 0 Å². The Kier molecular flexibility index (Phi) is 6.14. The number of ether oxygens (including phenoxy) is 1. The average Bonchev–Trinajstić information content (AvgIpc) is 2.38. The van der Waals surface area contributed by atoms with Gasteiger partial charge in [-0.3, -0.25) is 0 Å². The molecular weight excluding hydrogens is 260 g/mol. The summed E-state index contributed by atoms with van der Waals surface area (Å²) in [7, 11) is 0. The van der Waals surface area contributed by atoms with Crippen molar-refractivity contribution >= 4 is 11.6 Å². The van der Waals surface area contributed by atoms with Gasteiger partial charge in [-0.25, -0.2) is 0 Å². The molecule has 0 aliphatic rings. The predicted molar refractivity (Wildman–Crippen MR) is 78.1 cm³/mol. The maximum absolute atomic E-state index is 8.92. The highest BCUT2D eigenvalue weighted by atomic mass is 35.5. The number of nitrogens with two attached hydrogens (primary N) is 1. The Hall–Kier alpha value is -1.24. The molecule has 0 spiro atoms. The van der Waals surface area contributed by atoms with Crippen molar-refractivity contribution in [1.29, 1.82) is 5.26 Å². The second-order valence-corrected chi connectivity index (χ2v) is 5.63. The minimum absolute atomic E-state index is 0.252. The average molecular weight is 281 g/mol. The number of halogens is 1. The van der Waals surface area contributed by atoms with Crippen LogP contribution < -0.4 is 10.5 Å². The summed E-state index contributed by atoms with van der Waals surface area (Å²) in [5.74, 6) is 0.759. The maximum atomic E-state index is 8.92. The SMILES string of the molecule is CC(C)(C#N)CCCCOc1cccc(Cl)c1CN. The first-order valence-electron chi connectivity index (χ1n) is 6.51. The van der Waals surface area contributed by atoms with Crippen LogP contribution >= 0.6 is 11.6 Å². The Morgan fingerprint density at radius 1 is 1.37 bits per heavy atom. The Bertz CT molecular complexity index is 452. The molecule has 0 saturated carbocycles. The van der Waals surface area contributed by atoms with Crippen LogP contribution in [-0.2, 0) is 6.54 Å². The van der Waals surface area contributed by atoms with Crippen molar-refractivity contribution in [1.82, 2.24) is 0 Å². The number of hydrogen-bond acceptors (Lipinski definition) is 3. The van der Waals surface area contributed by atoms with Crippen LogP contribution in [0.15, 0.2) is 18.2 Å². The molecule has 19 heavy (non-hydrogen) atoms. The normalized spacial score (nSPS) is 11.1. The van der Waals surface area contributed by atoms with E-state index in [0.717, 1.165) is 30.6 Å². The van der Waals surface area contributed by atoms with E-state index in [4.69, 9.17) is 27.3 Å². The zero-order valence-electron chi connectivity index (χ0n) is 11.6. The zero-order valence-corrected chi connectivity index (χ0v) is 12.3. The van der Waals surface area contributed by atoms with Gasteiger partial charge in [0.05, 0.1) is 18.1 Å². The lowest BCUT2D eigenvalue weighted by molar-refractivity contribution is 0.292. The second kappa shape index (κ2) is 7.37. The molecule has 0 amide bonds. The predicted octanol–water partition coefficient (Wildman–Crippen LogP) is 3.90. The highest BCUT2D eigenvalue weighted by Crippen LogP contribution is 2.26. The summed E-state index contributed by atoms with van der Waals surface area (Å²) in [5.41, 5.74) is 6.25. The number of hydrogen-bond donors (Lipinski definition) is 1. The van der Waals surface area contributed by atoms with Gasteiger partial charge in [-0.05, 0) is 45.2 Å². The molecule has 3 nitrogen and oxygen atoms in total. The number of rotatable bonds is 7. The molecule has 0 aliphatic heterocycles. The summed E-state index contributed by atoms with van der Waals surface area (Å²) in [6.07, 6.45) is 2.77. The molecule has 0 heterocycles. The summed E-state index contributed by atoms with van der Waals surface area (Å²) in [5, 5.41) is 9.56. The summed E-state index contributed by atoms with van der Waals surface area (Å²) < 4.78 is 5.71. The molecule has 104 valence electrons. The lowest BCUT2D eigenvalue weighted by Gasteiger charge is -2.15. The third kappa shape index (κ3) is 5.10. The molecule has 0 saturated heterocycles. The van der Waals surface area contributed by atoms with Crippen LogP contribution in [0.1, 0.15) is 38.7 Å². The quantitative estimate of drug-likeness (QED) is 0.771. The summed E-state index contributed by atoms with van der Waals surface area (Å²) in [6.45, 7) is 4.90. The lowest BCUT2D eigenvalue weighted by atomic mass is 9.89. The monoisotopic (exact) mass is 280 g/mol. The first-order valence-corrected chi connectivity index (χ1v) is 6.89. The molecular formula is C15H21ClN2O. The van der Waals surface area contributed by atoms with Gasteiger partial charge in [-0.1, -0.05) is 17.7 Å². The molecule has 0 bridgehead atoms. The smallest absolute Gasteiger partial charge is 0.125 e. The van der Waals surface area contributed by atoms with E-state index >= 15 is 0 Å². The standard InChI is InChI=1S/C15H21ClN2O/c1-15(2,11-18)8-3-4-9-19-14-7-5-6-13(16)12(14)10-17/h5-7H,3-4,8-10,17H2,1-2H3. The van der Waals surface area contributed by atoms with E-state index in [1.807, 2.05) is 32.0 Å². The minimum atomic E-state index is -0.252. The highest BCUT2D eigenvalue weighted by Gasteiger charge is 2.15. The summed E-state index contributed by atoms with van der Waals surface area (Å²) in [4.78, 5) is 0.